The van der Waals surface area contributed by atoms with Gasteiger partial charge in [-0.2, -0.15) is 0 Å². The first kappa shape index (κ1) is 33.8. The Morgan fingerprint density at radius 3 is 2.23 bits per heavy atom. The number of hydrogen-bond donors (Lipinski definition) is 2. The Balaban J connectivity index is 1.47. The van der Waals surface area contributed by atoms with Gasteiger partial charge in [0.15, 0.2) is 11.5 Å². The molecule has 1 fully saturated rings. The monoisotopic (exact) mass is 642 g/mol. The Bertz CT molecular complexity index is 1650. The highest BCUT2D eigenvalue weighted by Crippen LogP contribution is 2.50. The van der Waals surface area contributed by atoms with E-state index in [4.69, 9.17) is 14.2 Å². The van der Waals surface area contributed by atoms with Crippen LogP contribution in [0.25, 0.3) is 11.1 Å². The highest BCUT2D eigenvalue weighted by atomic mass is 16.5. The molecule has 0 bridgehead atoms. The van der Waals surface area contributed by atoms with Crippen molar-refractivity contribution in [2.75, 3.05) is 52.8 Å². The number of fused-ring (bicyclic) bond motifs is 3. The first-order valence-corrected chi connectivity index (χ1v) is 16.2. The summed E-state index contributed by atoms with van der Waals surface area (Å²) in [5.41, 5.74) is 4.44. The highest BCUT2D eigenvalue weighted by Gasteiger charge is 2.32. The van der Waals surface area contributed by atoms with Crippen molar-refractivity contribution in [2.45, 2.75) is 52.2 Å². The van der Waals surface area contributed by atoms with E-state index in [-0.39, 0.29) is 23.2 Å². The summed E-state index contributed by atoms with van der Waals surface area (Å²) in [5, 5.41) is 6.36. The van der Waals surface area contributed by atoms with E-state index in [1.165, 1.54) is 12.5 Å². The van der Waals surface area contributed by atoms with Crippen LogP contribution in [0.5, 0.6) is 17.2 Å². The highest BCUT2D eigenvalue weighted by molar-refractivity contribution is 5.86. The molecule has 0 spiro atoms. The van der Waals surface area contributed by atoms with Crippen LogP contribution in [-0.2, 0) is 22.6 Å². The predicted octanol–water partition coefficient (Wildman–Crippen LogP) is 4.64. The Kier molecular flexibility index (Phi) is 10.7. The number of anilines is 1. The van der Waals surface area contributed by atoms with Crippen LogP contribution < -0.4 is 30.3 Å². The predicted molar refractivity (Wildman–Crippen MR) is 183 cm³/mol. The summed E-state index contributed by atoms with van der Waals surface area (Å²) >= 11 is 0. The van der Waals surface area contributed by atoms with Crippen molar-refractivity contribution in [1.82, 2.24) is 15.1 Å². The Morgan fingerprint density at radius 1 is 0.915 bits per heavy atom. The standard InChI is InChI=1S/C37H46N4O6/c1-23(2)34(37(44)41-18-16-40(17-19-41)22-25-10-8-7-9-11-25)39-30-15-13-27-28(21-31(30)43)29(38-24(3)42)14-12-26-20-32(45-4)35(46-5)36(47-6)33(26)27/h7-11,13,15,20-21,23,29,34H,12,14,16-19,22H2,1-6H3,(H,38,42)(H,39,43)/t29-,34+/m1/s1. The van der Waals surface area contributed by atoms with Gasteiger partial charge in [0.1, 0.15) is 6.04 Å². The molecule has 1 aliphatic carbocycles. The van der Waals surface area contributed by atoms with E-state index in [0.29, 0.717) is 54.4 Å². The van der Waals surface area contributed by atoms with Crippen molar-refractivity contribution in [3.05, 3.63) is 81.5 Å². The van der Waals surface area contributed by atoms with Gasteiger partial charge in [-0.3, -0.25) is 19.3 Å². The van der Waals surface area contributed by atoms with Gasteiger partial charge in [-0.1, -0.05) is 50.2 Å². The van der Waals surface area contributed by atoms with Crippen LogP contribution >= 0.6 is 0 Å². The minimum Gasteiger partial charge on any atom is -0.493 e. The molecule has 250 valence electrons. The third-order valence-electron chi connectivity index (χ3n) is 9.09. The second-order valence-corrected chi connectivity index (χ2v) is 12.5. The normalized spacial score (nSPS) is 16.7. The fourth-order valence-electron chi connectivity index (χ4n) is 6.67. The number of carbonyl (C=O) groups is 2. The molecule has 1 heterocycles. The van der Waals surface area contributed by atoms with Crippen LogP contribution in [0, 0.1) is 5.92 Å². The van der Waals surface area contributed by atoms with Crippen LogP contribution in [0.15, 0.2) is 59.4 Å². The Hall–Kier alpha value is -4.57. The van der Waals surface area contributed by atoms with Gasteiger partial charge >= 0.3 is 0 Å². The summed E-state index contributed by atoms with van der Waals surface area (Å²) in [6.07, 6.45) is 1.17. The summed E-state index contributed by atoms with van der Waals surface area (Å²) in [6.45, 7) is 9.10. The largest absolute Gasteiger partial charge is 0.493 e. The van der Waals surface area contributed by atoms with Gasteiger partial charge in [0, 0.05) is 45.2 Å². The molecule has 10 heteroatoms. The minimum absolute atomic E-state index is 0.0215. The third kappa shape index (κ3) is 7.38. The molecule has 47 heavy (non-hydrogen) atoms. The Morgan fingerprint density at radius 2 is 1.62 bits per heavy atom. The maximum absolute atomic E-state index is 13.9. The second-order valence-electron chi connectivity index (χ2n) is 12.5. The molecule has 0 unspecified atom stereocenters. The van der Waals surface area contributed by atoms with Crippen molar-refractivity contribution < 1.29 is 23.8 Å². The molecule has 0 saturated carbocycles. The molecular weight excluding hydrogens is 596 g/mol. The lowest BCUT2D eigenvalue weighted by Crippen LogP contribution is -2.53. The smallest absolute Gasteiger partial charge is 0.245 e. The second kappa shape index (κ2) is 14.9. The molecule has 2 aliphatic rings. The number of rotatable bonds is 10. The molecule has 0 radical (unpaired) electrons. The number of piperazine rings is 1. The third-order valence-corrected chi connectivity index (χ3v) is 9.09. The first-order valence-electron chi connectivity index (χ1n) is 16.2. The van der Waals surface area contributed by atoms with Gasteiger partial charge in [-0.15, -0.1) is 0 Å². The number of methoxy groups -OCH3 is 3. The number of benzene rings is 2. The topological polar surface area (TPSA) is 109 Å². The van der Waals surface area contributed by atoms with Crippen LogP contribution in [0.4, 0.5) is 5.69 Å². The zero-order valence-electron chi connectivity index (χ0n) is 28.2. The number of ether oxygens (including phenoxy) is 3. The van der Waals surface area contributed by atoms with Crippen molar-refractivity contribution in [3.63, 3.8) is 0 Å². The van der Waals surface area contributed by atoms with Crippen molar-refractivity contribution in [2.24, 2.45) is 5.92 Å². The lowest BCUT2D eigenvalue weighted by atomic mass is 9.95. The molecule has 1 aliphatic heterocycles. The summed E-state index contributed by atoms with van der Waals surface area (Å²) in [5.74, 6) is 1.18. The van der Waals surface area contributed by atoms with Crippen LogP contribution in [-0.4, -0.2) is 75.2 Å². The number of aryl methyl sites for hydroxylation is 1. The van der Waals surface area contributed by atoms with E-state index < -0.39 is 12.1 Å². The lowest BCUT2D eigenvalue weighted by Gasteiger charge is -2.37. The molecule has 0 aromatic heterocycles. The van der Waals surface area contributed by atoms with Gasteiger partial charge in [0.2, 0.25) is 23.0 Å². The van der Waals surface area contributed by atoms with Crippen LogP contribution in [0.3, 0.4) is 0 Å². The molecule has 1 saturated heterocycles. The summed E-state index contributed by atoms with van der Waals surface area (Å²) in [6, 6.07) is 16.4. The fraction of sp³-hybridized carbons (Fsp3) is 0.432. The first-order chi connectivity index (χ1) is 22.6. The van der Waals surface area contributed by atoms with Crippen molar-refractivity contribution >= 4 is 17.5 Å². The SMILES string of the molecule is COc1cc2c(c(OC)c1OC)-c1ccc(N[C@H](C(=O)N3CCN(Cc4ccccc4)CC3)C(C)C)c(=O)cc1[C@H](NC(C)=O)CC2. The van der Waals surface area contributed by atoms with Gasteiger partial charge in [-0.05, 0) is 59.2 Å². The number of carbonyl (C=O) groups excluding carboxylic acids is 2. The Labute approximate surface area is 277 Å². The molecular formula is C37H46N4O6. The van der Waals surface area contributed by atoms with Crippen LogP contribution in [0.2, 0.25) is 0 Å². The molecule has 10 nitrogen and oxygen atoms in total. The summed E-state index contributed by atoms with van der Waals surface area (Å²) < 4.78 is 17.2. The summed E-state index contributed by atoms with van der Waals surface area (Å²) in [4.78, 5) is 44.4. The average Bonchev–Trinajstić information content (AvgIpc) is 3.31. The molecule has 2 N–H and O–H groups in total. The van der Waals surface area contributed by atoms with E-state index in [9.17, 15) is 14.4 Å². The fourth-order valence-corrected chi connectivity index (χ4v) is 6.67. The van der Waals surface area contributed by atoms with E-state index in [1.54, 1.807) is 33.5 Å². The molecule has 2 atom stereocenters. The van der Waals surface area contributed by atoms with Gasteiger partial charge in [-0.25, -0.2) is 0 Å². The molecule has 5 rings (SSSR count). The molecule has 2 amide bonds. The van der Waals surface area contributed by atoms with E-state index in [0.717, 1.165) is 36.3 Å². The zero-order chi connectivity index (χ0) is 33.7. The maximum atomic E-state index is 13.9. The number of amides is 2. The zero-order valence-corrected chi connectivity index (χ0v) is 28.2. The van der Waals surface area contributed by atoms with Crippen molar-refractivity contribution in [1.29, 1.82) is 0 Å². The van der Waals surface area contributed by atoms with Crippen molar-refractivity contribution in [3.8, 4) is 28.4 Å². The molecule has 3 aromatic rings. The minimum atomic E-state index is -0.595. The van der Waals surface area contributed by atoms with Gasteiger partial charge in [0.05, 0.1) is 33.1 Å². The quantitative estimate of drug-likeness (QED) is 0.329. The number of nitrogens with one attached hydrogen (secondary N) is 2. The number of hydrogen-bond acceptors (Lipinski definition) is 8. The average molecular weight is 643 g/mol. The van der Waals surface area contributed by atoms with Crippen LogP contribution in [0.1, 0.15) is 49.9 Å². The maximum Gasteiger partial charge on any atom is 0.245 e. The lowest BCUT2D eigenvalue weighted by molar-refractivity contribution is -0.134. The van der Waals surface area contributed by atoms with E-state index >= 15 is 0 Å². The van der Waals surface area contributed by atoms with Gasteiger partial charge in [0.25, 0.3) is 0 Å². The molecule has 3 aromatic carbocycles. The number of nitrogens with zero attached hydrogens (tertiary/aromatic N) is 2. The van der Waals surface area contributed by atoms with Gasteiger partial charge < -0.3 is 29.7 Å². The van der Waals surface area contributed by atoms with E-state index in [2.05, 4.69) is 27.7 Å². The van der Waals surface area contributed by atoms with E-state index in [1.807, 2.05) is 49.1 Å². The summed E-state index contributed by atoms with van der Waals surface area (Å²) in [7, 11) is 4.70.